The van der Waals surface area contributed by atoms with Crippen LogP contribution in [0, 0.1) is 0 Å². The molecule has 9 aromatic rings. The van der Waals surface area contributed by atoms with E-state index in [4.69, 9.17) is 14.4 Å². The van der Waals surface area contributed by atoms with Gasteiger partial charge in [0.15, 0.2) is 11.4 Å². The lowest BCUT2D eigenvalue weighted by Crippen LogP contribution is -2.33. The van der Waals surface area contributed by atoms with Crippen molar-refractivity contribution in [1.82, 2.24) is 10.3 Å². The second-order valence-electron chi connectivity index (χ2n) is 12.9. The number of pyridine rings is 1. The number of para-hydroxylation sites is 1. The zero-order valence-corrected chi connectivity index (χ0v) is 27.5. The van der Waals surface area contributed by atoms with E-state index in [0.717, 1.165) is 49.7 Å². The van der Waals surface area contributed by atoms with Gasteiger partial charge in [-0.2, -0.15) is 0 Å². The highest BCUT2D eigenvalue weighted by Crippen LogP contribution is 2.39. The number of amidine groups is 2. The van der Waals surface area contributed by atoms with Gasteiger partial charge in [0, 0.05) is 33.7 Å². The summed E-state index contributed by atoms with van der Waals surface area (Å²) in [7, 11) is 0. The minimum Gasteiger partial charge on any atom is -0.454 e. The van der Waals surface area contributed by atoms with Crippen molar-refractivity contribution in [3.8, 4) is 22.3 Å². The average molecular weight is 655 g/mol. The third-order valence-electron chi connectivity index (χ3n) is 9.83. The quantitative estimate of drug-likeness (QED) is 0.188. The molecule has 51 heavy (non-hydrogen) atoms. The largest absolute Gasteiger partial charge is 0.454 e. The molecule has 0 amide bonds. The fourth-order valence-electron chi connectivity index (χ4n) is 7.29. The van der Waals surface area contributed by atoms with E-state index < -0.39 is 0 Å². The van der Waals surface area contributed by atoms with Gasteiger partial charge in [-0.3, -0.25) is 4.98 Å². The number of rotatable bonds is 5. The number of fused-ring (bicyclic) bond motifs is 6. The molecule has 3 heterocycles. The van der Waals surface area contributed by atoms with E-state index in [1.54, 1.807) is 6.20 Å². The number of hydrogen-bond donors (Lipinski definition) is 1. The van der Waals surface area contributed by atoms with Gasteiger partial charge < -0.3 is 9.73 Å². The van der Waals surface area contributed by atoms with Gasteiger partial charge in [0.1, 0.15) is 17.6 Å². The van der Waals surface area contributed by atoms with E-state index in [9.17, 15) is 0 Å². The van der Waals surface area contributed by atoms with Crippen molar-refractivity contribution in [3.05, 3.63) is 187 Å². The van der Waals surface area contributed by atoms with E-state index in [-0.39, 0.29) is 6.17 Å². The van der Waals surface area contributed by atoms with Gasteiger partial charge in [0.05, 0.1) is 6.20 Å². The van der Waals surface area contributed by atoms with Crippen LogP contribution in [0.15, 0.2) is 185 Å². The molecule has 1 aliphatic rings. The maximum absolute atomic E-state index is 6.67. The van der Waals surface area contributed by atoms with Crippen molar-refractivity contribution >= 4 is 55.2 Å². The molecular weight excluding hydrogens is 625 g/mol. The van der Waals surface area contributed by atoms with Gasteiger partial charge in [-0.25, -0.2) is 9.98 Å². The van der Waals surface area contributed by atoms with Crippen LogP contribution in [0.5, 0.6) is 0 Å². The number of nitrogens with one attached hydrogen (secondary N) is 1. The molecule has 10 rings (SSSR count). The van der Waals surface area contributed by atoms with Gasteiger partial charge in [0.25, 0.3) is 0 Å². The minimum atomic E-state index is -0.353. The summed E-state index contributed by atoms with van der Waals surface area (Å²) in [6, 6.07) is 55.1. The van der Waals surface area contributed by atoms with Crippen LogP contribution >= 0.6 is 0 Å². The van der Waals surface area contributed by atoms with Crippen LogP contribution in [-0.4, -0.2) is 16.7 Å². The van der Waals surface area contributed by atoms with Crippen LogP contribution < -0.4 is 5.32 Å². The number of hydrogen-bond acceptors (Lipinski definition) is 5. The Balaban J connectivity index is 1.10. The third-order valence-corrected chi connectivity index (χ3v) is 9.83. The van der Waals surface area contributed by atoms with Crippen LogP contribution in [0.25, 0.3) is 65.7 Å². The third kappa shape index (κ3) is 5.06. The van der Waals surface area contributed by atoms with Crippen LogP contribution in [0.3, 0.4) is 0 Å². The van der Waals surface area contributed by atoms with Crippen molar-refractivity contribution in [1.29, 1.82) is 0 Å². The highest BCUT2D eigenvalue weighted by atomic mass is 16.3. The van der Waals surface area contributed by atoms with Crippen molar-refractivity contribution < 1.29 is 4.42 Å². The molecule has 0 aliphatic carbocycles. The Morgan fingerprint density at radius 2 is 1.18 bits per heavy atom. The SMILES string of the molecule is c1ccc(C2=NC(c3ccc(-c4ccccc4)cc3)NC(c3cncc4oc5c(-c6ccc7ccc8ccccc8c7c6)cccc5c34)=N2)cc1. The molecule has 1 atom stereocenters. The number of furan rings is 1. The topological polar surface area (TPSA) is 62.8 Å². The Kier molecular flexibility index (Phi) is 6.81. The smallest absolute Gasteiger partial charge is 0.159 e. The molecule has 1 unspecified atom stereocenters. The molecular formula is C46H30N4O. The first-order valence-electron chi connectivity index (χ1n) is 17.1. The van der Waals surface area contributed by atoms with Gasteiger partial charge in [0.2, 0.25) is 0 Å². The lowest BCUT2D eigenvalue weighted by Gasteiger charge is -2.24. The molecule has 0 fully saturated rings. The highest BCUT2D eigenvalue weighted by Gasteiger charge is 2.25. The second kappa shape index (κ2) is 11.9. The van der Waals surface area contributed by atoms with E-state index in [1.165, 1.54) is 27.1 Å². The lowest BCUT2D eigenvalue weighted by molar-refractivity contribution is 0.666. The maximum Gasteiger partial charge on any atom is 0.159 e. The first-order valence-corrected chi connectivity index (χ1v) is 17.1. The standard InChI is InChI=1S/C46H30N4O/c1-3-10-29(11-4-1)30-18-23-34(24-19-30)45-48-44(33-13-5-2-6-14-33)49-46(50-45)40-27-47-28-41-42(40)38-17-9-16-37(43(38)51-41)35-25-22-32-21-20-31-12-7-8-15-36(31)39(32)26-35/h1-28,45H,(H,48,49,50). The summed E-state index contributed by atoms with van der Waals surface area (Å²) in [6.45, 7) is 0. The fourth-order valence-corrected chi connectivity index (χ4v) is 7.29. The van der Waals surface area contributed by atoms with E-state index in [2.05, 4.69) is 132 Å². The predicted molar refractivity (Wildman–Crippen MR) is 209 cm³/mol. The summed E-state index contributed by atoms with van der Waals surface area (Å²) in [6.07, 6.45) is 3.32. The number of aromatic nitrogens is 1. The van der Waals surface area contributed by atoms with Crippen molar-refractivity contribution in [2.75, 3.05) is 0 Å². The summed E-state index contributed by atoms with van der Waals surface area (Å²) in [4.78, 5) is 14.9. The van der Waals surface area contributed by atoms with Crippen LogP contribution in [-0.2, 0) is 0 Å². The molecule has 0 saturated carbocycles. The molecule has 0 radical (unpaired) electrons. The second-order valence-corrected chi connectivity index (χ2v) is 12.9. The molecule has 2 aromatic heterocycles. The molecule has 7 aromatic carbocycles. The Hall–Kier alpha value is -6.85. The van der Waals surface area contributed by atoms with Crippen LogP contribution in [0.2, 0.25) is 0 Å². The first-order chi connectivity index (χ1) is 25.3. The Labute approximate surface area is 294 Å². The van der Waals surface area contributed by atoms with E-state index in [1.807, 2.05) is 42.6 Å². The van der Waals surface area contributed by atoms with Crippen molar-refractivity contribution in [2.24, 2.45) is 9.98 Å². The number of nitrogens with zero attached hydrogens (tertiary/aromatic N) is 3. The Bertz CT molecular complexity index is 2820. The summed E-state index contributed by atoms with van der Waals surface area (Å²) in [5.41, 5.74) is 8.85. The Morgan fingerprint density at radius 3 is 2.00 bits per heavy atom. The summed E-state index contributed by atoms with van der Waals surface area (Å²) >= 11 is 0. The molecule has 5 nitrogen and oxygen atoms in total. The molecule has 0 bridgehead atoms. The minimum absolute atomic E-state index is 0.353. The fraction of sp³-hybridized carbons (Fsp3) is 0.0217. The molecule has 240 valence electrons. The predicted octanol–water partition coefficient (Wildman–Crippen LogP) is 11.1. The zero-order valence-electron chi connectivity index (χ0n) is 27.5. The van der Waals surface area contributed by atoms with Gasteiger partial charge in [-0.15, -0.1) is 0 Å². The molecule has 0 saturated heterocycles. The molecule has 1 aliphatic heterocycles. The van der Waals surface area contributed by atoms with E-state index in [0.29, 0.717) is 17.3 Å². The van der Waals surface area contributed by atoms with E-state index >= 15 is 0 Å². The highest BCUT2D eigenvalue weighted by molar-refractivity contribution is 6.22. The number of aliphatic imine (C=N–C) groups is 2. The summed E-state index contributed by atoms with van der Waals surface area (Å²) in [5.74, 6) is 1.36. The Morgan fingerprint density at radius 1 is 0.510 bits per heavy atom. The molecule has 1 N–H and O–H groups in total. The monoisotopic (exact) mass is 654 g/mol. The zero-order chi connectivity index (χ0) is 33.7. The normalized spacial score (nSPS) is 14.5. The van der Waals surface area contributed by atoms with Crippen molar-refractivity contribution in [2.45, 2.75) is 6.17 Å². The first kappa shape index (κ1) is 29.1. The van der Waals surface area contributed by atoms with Crippen LogP contribution in [0.1, 0.15) is 22.9 Å². The van der Waals surface area contributed by atoms with Crippen LogP contribution in [0.4, 0.5) is 0 Å². The average Bonchev–Trinajstić information content (AvgIpc) is 3.60. The van der Waals surface area contributed by atoms with Crippen molar-refractivity contribution in [3.63, 3.8) is 0 Å². The summed E-state index contributed by atoms with van der Waals surface area (Å²) < 4.78 is 6.67. The maximum atomic E-state index is 6.67. The molecule has 5 heteroatoms. The summed E-state index contributed by atoms with van der Waals surface area (Å²) in [5, 5.41) is 10.5. The lowest BCUT2D eigenvalue weighted by atomic mass is 9.96. The van der Waals surface area contributed by atoms with Gasteiger partial charge in [-0.05, 0) is 49.9 Å². The van der Waals surface area contributed by atoms with Gasteiger partial charge in [-0.1, -0.05) is 152 Å². The molecule has 0 spiro atoms. The number of benzene rings is 7. The van der Waals surface area contributed by atoms with Gasteiger partial charge >= 0.3 is 0 Å².